The van der Waals surface area contributed by atoms with E-state index in [0.29, 0.717) is 17.0 Å². The Morgan fingerprint density at radius 1 is 1.25 bits per heavy atom. The quantitative estimate of drug-likeness (QED) is 0.309. The summed E-state index contributed by atoms with van der Waals surface area (Å²) >= 11 is 0. The summed E-state index contributed by atoms with van der Waals surface area (Å²) in [6, 6.07) is 6.08. The van der Waals surface area contributed by atoms with E-state index >= 15 is 0 Å². The highest BCUT2D eigenvalue weighted by Crippen LogP contribution is 2.30. The first-order valence-electron chi connectivity index (χ1n) is 11.1. The van der Waals surface area contributed by atoms with Crippen molar-refractivity contribution in [3.05, 3.63) is 76.5 Å². The Kier molecular flexibility index (Phi) is 8.59. The minimum atomic E-state index is -1.59. The summed E-state index contributed by atoms with van der Waals surface area (Å²) < 4.78 is 46.6. The first kappa shape index (κ1) is 26.6. The number of hydrogen-bond acceptors (Lipinski definition) is 6. The fraction of sp³-hybridized carbons (Fsp3) is 0.280. The normalized spacial score (nSPS) is 16.9. The third-order valence-corrected chi connectivity index (χ3v) is 5.54. The zero-order chi connectivity index (χ0) is 26.4. The molecular formula is C25H28F3N5O3. The van der Waals surface area contributed by atoms with Gasteiger partial charge in [0.1, 0.15) is 11.4 Å². The minimum Gasteiger partial charge on any atom is -0.495 e. The van der Waals surface area contributed by atoms with E-state index in [9.17, 15) is 23.1 Å². The van der Waals surface area contributed by atoms with Crippen LogP contribution in [0.2, 0.25) is 0 Å². The van der Waals surface area contributed by atoms with Crippen molar-refractivity contribution in [2.24, 2.45) is 4.99 Å². The fourth-order valence-corrected chi connectivity index (χ4v) is 3.50. The Balaban J connectivity index is 1.95. The predicted octanol–water partition coefficient (Wildman–Crippen LogP) is 3.49. The molecule has 192 valence electrons. The Morgan fingerprint density at radius 2 is 1.94 bits per heavy atom. The summed E-state index contributed by atoms with van der Waals surface area (Å²) in [5.74, 6) is -4.20. The molecule has 0 saturated carbocycles. The molecule has 0 radical (unpaired) electrons. The molecule has 8 nitrogen and oxygen atoms in total. The molecule has 1 saturated heterocycles. The first-order chi connectivity index (χ1) is 17.2. The van der Waals surface area contributed by atoms with Crippen molar-refractivity contribution in [3.63, 3.8) is 0 Å². The average Bonchev–Trinajstić information content (AvgIpc) is 3.18. The molecule has 36 heavy (non-hydrogen) atoms. The standard InChI is InChI=1S/C25H28F3N5O3/c1-14(29-3)13-31-20-6-5-16(10-22(20)36-4)9-21-24(35)33(25(32-21)30-7-8-34)15(2)17-11-18(26)23(28)19(27)12-17/h5-6,9-13,15,29,31,34H,7-8H2,1-4H3,(H,30,32)/b14-13-,21-9-. The number of aliphatic imine (C=N–C) groups is 1. The van der Waals surface area contributed by atoms with Crippen LogP contribution in [-0.2, 0) is 4.79 Å². The van der Waals surface area contributed by atoms with Crippen molar-refractivity contribution < 1.29 is 27.8 Å². The van der Waals surface area contributed by atoms with Gasteiger partial charge in [0.25, 0.3) is 5.91 Å². The number of aliphatic hydroxyl groups excluding tert-OH is 1. The Hall–Kier alpha value is -3.99. The molecule has 1 aliphatic rings. The van der Waals surface area contributed by atoms with Crippen molar-refractivity contribution >= 4 is 23.6 Å². The van der Waals surface area contributed by atoms with Crippen LogP contribution in [0.15, 0.2) is 52.9 Å². The summed E-state index contributed by atoms with van der Waals surface area (Å²) in [4.78, 5) is 18.7. The maximum Gasteiger partial charge on any atom is 0.277 e. The molecule has 4 N–H and O–H groups in total. The summed E-state index contributed by atoms with van der Waals surface area (Å²) in [5.41, 5.74) is 2.45. The monoisotopic (exact) mass is 503 g/mol. The second kappa shape index (κ2) is 11.6. The number of hydrogen-bond donors (Lipinski definition) is 4. The van der Waals surface area contributed by atoms with Crippen molar-refractivity contribution in [3.8, 4) is 5.75 Å². The van der Waals surface area contributed by atoms with Gasteiger partial charge in [-0.15, -0.1) is 0 Å². The average molecular weight is 504 g/mol. The van der Waals surface area contributed by atoms with Gasteiger partial charge in [0, 0.05) is 18.9 Å². The molecule has 0 bridgehead atoms. The number of halogens is 3. The molecule has 3 rings (SSSR count). The second-order valence-electron chi connectivity index (χ2n) is 7.94. The van der Waals surface area contributed by atoms with Crippen LogP contribution in [0, 0.1) is 17.5 Å². The van der Waals surface area contributed by atoms with Crippen LogP contribution in [0.1, 0.15) is 31.0 Å². The number of rotatable bonds is 9. The van der Waals surface area contributed by atoms with Crippen molar-refractivity contribution in [1.29, 1.82) is 0 Å². The fourth-order valence-electron chi connectivity index (χ4n) is 3.50. The van der Waals surface area contributed by atoms with Crippen LogP contribution < -0.4 is 20.7 Å². The highest BCUT2D eigenvalue weighted by Gasteiger charge is 2.36. The van der Waals surface area contributed by atoms with Crippen LogP contribution >= 0.6 is 0 Å². The number of ether oxygens (including phenoxy) is 1. The SMILES string of the molecule is CN/C(C)=C\Nc1ccc(/C=C2\N/C(=N\CCO)N(C(C)c3cc(F)c(F)c(F)c3)C2=O)cc1OC. The van der Waals surface area contributed by atoms with Gasteiger partial charge in [0.2, 0.25) is 5.96 Å². The molecule has 2 aromatic carbocycles. The molecule has 0 aliphatic carbocycles. The maximum atomic E-state index is 13.8. The largest absolute Gasteiger partial charge is 0.495 e. The van der Waals surface area contributed by atoms with E-state index in [1.54, 1.807) is 37.5 Å². The lowest BCUT2D eigenvalue weighted by Crippen LogP contribution is -2.35. The smallest absolute Gasteiger partial charge is 0.277 e. The molecule has 1 amide bonds. The summed E-state index contributed by atoms with van der Waals surface area (Å²) in [5, 5.41) is 18.2. The number of nitrogens with zero attached hydrogens (tertiary/aromatic N) is 2. The molecule has 1 aliphatic heterocycles. The van der Waals surface area contributed by atoms with Crippen LogP contribution in [0.4, 0.5) is 18.9 Å². The molecule has 2 aromatic rings. The molecule has 1 atom stereocenters. The number of allylic oxidation sites excluding steroid dienone is 1. The van der Waals surface area contributed by atoms with E-state index in [-0.39, 0.29) is 30.4 Å². The van der Waals surface area contributed by atoms with Gasteiger partial charge in [0.15, 0.2) is 17.5 Å². The van der Waals surface area contributed by atoms with Gasteiger partial charge in [-0.05, 0) is 55.3 Å². The van der Waals surface area contributed by atoms with Gasteiger partial charge in [-0.1, -0.05) is 6.07 Å². The second-order valence-corrected chi connectivity index (χ2v) is 7.94. The number of amides is 1. The zero-order valence-corrected chi connectivity index (χ0v) is 20.3. The van der Waals surface area contributed by atoms with Gasteiger partial charge >= 0.3 is 0 Å². The van der Waals surface area contributed by atoms with Gasteiger partial charge < -0.3 is 25.8 Å². The maximum absolute atomic E-state index is 13.8. The molecule has 0 aromatic heterocycles. The van der Waals surface area contributed by atoms with Crippen LogP contribution in [-0.4, -0.2) is 49.2 Å². The van der Waals surface area contributed by atoms with E-state index in [1.807, 2.05) is 6.92 Å². The van der Waals surface area contributed by atoms with E-state index < -0.39 is 29.4 Å². The molecule has 0 spiro atoms. The number of anilines is 1. The van der Waals surface area contributed by atoms with E-state index in [1.165, 1.54) is 18.9 Å². The van der Waals surface area contributed by atoms with E-state index in [0.717, 1.165) is 17.8 Å². The lowest BCUT2D eigenvalue weighted by molar-refractivity contribution is -0.123. The minimum absolute atomic E-state index is 0.00794. The van der Waals surface area contributed by atoms with Crippen LogP contribution in [0.3, 0.4) is 0 Å². The van der Waals surface area contributed by atoms with Gasteiger partial charge in [0.05, 0.1) is 32.0 Å². The van der Waals surface area contributed by atoms with Gasteiger partial charge in [-0.3, -0.25) is 14.7 Å². The van der Waals surface area contributed by atoms with Crippen molar-refractivity contribution in [2.45, 2.75) is 19.9 Å². The molecular weight excluding hydrogens is 475 g/mol. The topological polar surface area (TPSA) is 98.2 Å². The van der Waals surface area contributed by atoms with Gasteiger partial charge in [-0.25, -0.2) is 13.2 Å². The lowest BCUT2D eigenvalue weighted by Gasteiger charge is -2.24. The number of carbonyl (C=O) groups excluding carboxylic acids is 1. The lowest BCUT2D eigenvalue weighted by atomic mass is 10.1. The summed E-state index contributed by atoms with van der Waals surface area (Å²) in [6.45, 7) is 3.15. The van der Waals surface area contributed by atoms with E-state index in [2.05, 4.69) is 20.9 Å². The number of carbonyl (C=O) groups is 1. The van der Waals surface area contributed by atoms with Gasteiger partial charge in [-0.2, -0.15) is 0 Å². The number of methoxy groups -OCH3 is 1. The third kappa shape index (κ3) is 5.80. The van der Waals surface area contributed by atoms with Crippen LogP contribution in [0.5, 0.6) is 5.75 Å². The summed E-state index contributed by atoms with van der Waals surface area (Å²) in [6.07, 6.45) is 3.36. The van der Waals surface area contributed by atoms with E-state index in [4.69, 9.17) is 4.74 Å². The summed E-state index contributed by atoms with van der Waals surface area (Å²) in [7, 11) is 3.33. The predicted molar refractivity (Wildman–Crippen MR) is 132 cm³/mol. The first-order valence-corrected chi connectivity index (χ1v) is 11.1. The number of benzene rings is 2. The highest BCUT2D eigenvalue weighted by atomic mass is 19.2. The molecule has 11 heteroatoms. The Bertz CT molecular complexity index is 1210. The molecule has 1 fully saturated rings. The van der Waals surface area contributed by atoms with Crippen molar-refractivity contribution in [1.82, 2.24) is 15.5 Å². The third-order valence-electron chi connectivity index (χ3n) is 5.54. The molecule has 1 unspecified atom stereocenters. The Morgan fingerprint density at radius 3 is 2.56 bits per heavy atom. The zero-order valence-electron chi connectivity index (χ0n) is 20.3. The van der Waals surface area contributed by atoms with Crippen LogP contribution in [0.25, 0.3) is 6.08 Å². The number of nitrogens with one attached hydrogen (secondary N) is 3. The molecule has 1 heterocycles. The number of guanidine groups is 1. The van der Waals surface area contributed by atoms with Crippen molar-refractivity contribution in [2.75, 3.05) is 32.6 Å². The Labute approximate surface area is 207 Å². The highest BCUT2D eigenvalue weighted by molar-refractivity contribution is 6.15. The number of aliphatic hydroxyl groups is 1.